The van der Waals surface area contributed by atoms with Crippen molar-refractivity contribution in [1.82, 2.24) is 14.9 Å². The van der Waals surface area contributed by atoms with Crippen LogP contribution >= 0.6 is 0 Å². The molecular formula is C19H19N5O. The van der Waals surface area contributed by atoms with Gasteiger partial charge in [0.2, 0.25) is 0 Å². The molecule has 2 heterocycles. The zero-order chi connectivity index (χ0) is 17.1. The number of carbonyl (C=O) groups is 1. The molecule has 0 aliphatic carbocycles. The molecule has 0 radical (unpaired) electrons. The van der Waals surface area contributed by atoms with Gasteiger partial charge in [-0.25, -0.2) is 9.78 Å². The number of nitrogens with zero attached hydrogens (tertiary/aromatic N) is 4. The number of nitrogens with one attached hydrogen (secondary N) is 1. The third kappa shape index (κ3) is 3.38. The molecule has 4 rings (SSSR count). The first-order chi connectivity index (χ1) is 12.3. The van der Waals surface area contributed by atoms with Crippen LogP contribution in [-0.2, 0) is 0 Å². The van der Waals surface area contributed by atoms with Crippen molar-refractivity contribution in [2.45, 2.75) is 0 Å². The van der Waals surface area contributed by atoms with E-state index in [4.69, 9.17) is 0 Å². The molecule has 1 aliphatic rings. The minimum Gasteiger partial charge on any atom is -0.352 e. The van der Waals surface area contributed by atoms with Crippen LogP contribution in [0.15, 0.2) is 60.8 Å². The Bertz CT molecular complexity index is 875. The van der Waals surface area contributed by atoms with Crippen molar-refractivity contribution in [2.24, 2.45) is 0 Å². The molecule has 1 aromatic heterocycles. The van der Waals surface area contributed by atoms with E-state index in [-0.39, 0.29) is 6.03 Å². The highest BCUT2D eigenvalue weighted by Gasteiger charge is 2.22. The van der Waals surface area contributed by atoms with Gasteiger partial charge in [0.25, 0.3) is 0 Å². The average Bonchev–Trinajstić information content (AvgIpc) is 2.68. The van der Waals surface area contributed by atoms with Crippen LogP contribution in [0, 0.1) is 0 Å². The predicted molar refractivity (Wildman–Crippen MR) is 98.8 cm³/mol. The summed E-state index contributed by atoms with van der Waals surface area (Å²) in [5.74, 6) is 0.863. The fraction of sp³-hybridized carbons (Fsp3) is 0.211. The largest absolute Gasteiger partial charge is 0.352 e. The predicted octanol–water partition coefficient (Wildman–Crippen LogP) is 2.98. The average molecular weight is 333 g/mol. The van der Waals surface area contributed by atoms with Gasteiger partial charge in [0.15, 0.2) is 0 Å². The fourth-order valence-electron chi connectivity index (χ4n) is 2.96. The first-order valence-corrected chi connectivity index (χ1v) is 8.37. The maximum atomic E-state index is 12.4. The van der Waals surface area contributed by atoms with Gasteiger partial charge in [0.05, 0.1) is 17.2 Å². The summed E-state index contributed by atoms with van der Waals surface area (Å²) in [5, 5.41) is 2.93. The second kappa shape index (κ2) is 6.76. The van der Waals surface area contributed by atoms with E-state index in [2.05, 4.69) is 20.2 Å². The molecule has 2 amide bonds. The number of rotatable bonds is 2. The Morgan fingerprint density at radius 1 is 0.880 bits per heavy atom. The summed E-state index contributed by atoms with van der Waals surface area (Å²) < 4.78 is 0. The first-order valence-electron chi connectivity index (χ1n) is 8.37. The van der Waals surface area contributed by atoms with Crippen LogP contribution in [0.25, 0.3) is 11.0 Å². The molecule has 0 unspecified atom stereocenters. The maximum absolute atomic E-state index is 12.4. The molecule has 126 valence electrons. The van der Waals surface area contributed by atoms with Gasteiger partial charge < -0.3 is 15.1 Å². The van der Waals surface area contributed by atoms with Gasteiger partial charge in [-0.2, -0.15) is 0 Å². The number of fused-ring (bicyclic) bond motifs is 1. The second-order valence-corrected chi connectivity index (χ2v) is 5.99. The van der Waals surface area contributed by atoms with E-state index in [1.807, 2.05) is 65.7 Å². The maximum Gasteiger partial charge on any atom is 0.321 e. The molecule has 25 heavy (non-hydrogen) atoms. The third-order valence-corrected chi connectivity index (χ3v) is 4.35. The number of hydrogen-bond donors (Lipinski definition) is 1. The Labute approximate surface area is 146 Å². The molecule has 1 aliphatic heterocycles. The fourth-order valence-corrected chi connectivity index (χ4v) is 2.96. The molecule has 6 nitrogen and oxygen atoms in total. The topological polar surface area (TPSA) is 61.4 Å². The van der Waals surface area contributed by atoms with Crippen molar-refractivity contribution < 1.29 is 4.79 Å². The Morgan fingerprint density at radius 2 is 1.56 bits per heavy atom. The van der Waals surface area contributed by atoms with E-state index in [0.717, 1.165) is 35.6 Å². The van der Waals surface area contributed by atoms with Gasteiger partial charge in [0, 0.05) is 31.9 Å². The number of benzene rings is 2. The number of aromatic nitrogens is 2. The summed E-state index contributed by atoms with van der Waals surface area (Å²) in [6.07, 6.45) is 1.81. The van der Waals surface area contributed by atoms with Crippen molar-refractivity contribution >= 4 is 28.6 Å². The van der Waals surface area contributed by atoms with Gasteiger partial charge >= 0.3 is 6.03 Å². The van der Waals surface area contributed by atoms with Crippen LogP contribution in [0.4, 0.5) is 16.3 Å². The number of piperazine rings is 1. The van der Waals surface area contributed by atoms with Crippen molar-refractivity contribution in [1.29, 1.82) is 0 Å². The number of hydrogen-bond acceptors (Lipinski definition) is 4. The normalized spacial score (nSPS) is 14.6. The summed E-state index contributed by atoms with van der Waals surface area (Å²) in [6.45, 7) is 2.81. The monoisotopic (exact) mass is 333 g/mol. The number of urea groups is 1. The molecule has 0 atom stereocenters. The highest BCUT2D eigenvalue weighted by Crippen LogP contribution is 2.17. The van der Waals surface area contributed by atoms with Crippen molar-refractivity contribution in [3.05, 3.63) is 60.8 Å². The molecular weight excluding hydrogens is 314 g/mol. The van der Waals surface area contributed by atoms with Gasteiger partial charge in [-0.3, -0.25) is 4.98 Å². The molecule has 0 saturated carbocycles. The minimum atomic E-state index is -0.0598. The summed E-state index contributed by atoms with van der Waals surface area (Å²) in [4.78, 5) is 25.5. The summed E-state index contributed by atoms with van der Waals surface area (Å²) >= 11 is 0. The zero-order valence-corrected chi connectivity index (χ0v) is 13.8. The van der Waals surface area contributed by atoms with Gasteiger partial charge in [-0.15, -0.1) is 0 Å². The molecule has 0 spiro atoms. The minimum absolute atomic E-state index is 0.0598. The van der Waals surface area contributed by atoms with E-state index in [1.54, 1.807) is 0 Å². The van der Waals surface area contributed by atoms with Crippen LogP contribution in [0.2, 0.25) is 0 Å². The Kier molecular flexibility index (Phi) is 4.16. The van der Waals surface area contributed by atoms with Crippen LogP contribution in [-0.4, -0.2) is 47.1 Å². The summed E-state index contributed by atoms with van der Waals surface area (Å²) in [5.41, 5.74) is 2.60. The van der Waals surface area contributed by atoms with Crippen LogP contribution < -0.4 is 10.2 Å². The zero-order valence-electron chi connectivity index (χ0n) is 13.8. The van der Waals surface area contributed by atoms with Gasteiger partial charge in [-0.1, -0.05) is 30.3 Å². The Morgan fingerprint density at radius 3 is 2.32 bits per heavy atom. The summed E-state index contributed by atoms with van der Waals surface area (Å²) in [6, 6.07) is 17.3. The van der Waals surface area contributed by atoms with E-state index < -0.39 is 0 Å². The lowest BCUT2D eigenvalue weighted by Gasteiger charge is -2.35. The summed E-state index contributed by atoms with van der Waals surface area (Å²) in [7, 11) is 0. The van der Waals surface area contributed by atoms with Crippen LogP contribution in [0.1, 0.15) is 0 Å². The molecule has 1 fully saturated rings. The van der Waals surface area contributed by atoms with E-state index in [9.17, 15) is 4.79 Å². The van der Waals surface area contributed by atoms with E-state index in [0.29, 0.717) is 13.1 Å². The Balaban J connectivity index is 1.39. The number of carbonyl (C=O) groups excluding carboxylic acids is 1. The lowest BCUT2D eigenvalue weighted by Crippen LogP contribution is -2.50. The Hall–Kier alpha value is -3.15. The number of para-hydroxylation sites is 3. The molecule has 6 heteroatoms. The first kappa shape index (κ1) is 15.4. The van der Waals surface area contributed by atoms with Crippen molar-refractivity contribution in [3.8, 4) is 0 Å². The smallest absolute Gasteiger partial charge is 0.321 e. The van der Waals surface area contributed by atoms with E-state index >= 15 is 0 Å². The molecule has 0 bridgehead atoms. The lowest BCUT2D eigenvalue weighted by atomic mass is 10.3. The van der Waals surface area contributed by atoms with Crippen LogP contribution in [0.5, 0.6) is 0 Å². The van der Waals surface area contributed by atoms with E-state index in [1.165, 1.54) is 0 Å². The van der Waals surface area contributed by atoms with Gasteiger partial charge in [-0.05, 0) is 24.3 Å². The quantitative estimate of drug-likeness (QED) is 0.783. The molecule has 3 aromatic rings. The van der Waals surface area contributed by atoms with Crippen molar-refractivity contribution in [3.63, 3.8) is 0 Å². The third-order valence-electron chi connectivity index (χ3n) is 4.35. The highest BCUT2D eigenvalue weighted by atomic mass is 16.2. The number of anilines is 2. The highest BCUT2D eigenvalue weighted by molar-refractivity contribution is 5.89. The molecule has 2 aromatic carbocycles. The standard InChI is InChI=1S/C19H19N5O/c25-19(21-15-6-2-1-3-7-15)24-12-10-23(11-13-24)18-14-20-16-8-4-5-9-17(16)22-18/h1-9,14H,10-13H2,(H,21,25). The number of amides is 2. The van der Waals surface area contributed by atoms with Gasteiger partial charge in [0.1, 0.15) is 5.82 Å². The second-order valence-electron chi connectivity index (χ2n) is 5.99. The van der Waals surface area contributed by atoms with Crippen molar-refractivity contribution in [2.75, 3.05) is 36.4 Å². The lowest BCUT2D eigenvalue weighted by molar-refractivity contribution is 0.208. The molecule has 1 N–H and O–H groups in total. The molecule has 1 saturated heterocycles. The SMILES string of the molecule is O=C(Nc1ccccc1)N1CCN(c2cnc3ccccc3n2)CC1. The van der Waals surface area contributed by atoms with Crippen LogP contribution in [0.3, 0.4) is 0 Å².